The maximum Gasteiger partial charge on any atom is 0.316 e. The van der Waals surface area contributed by atoms with Crippen LogP contribution in [0.25, 0.3) is 0 Å². The molecule has 10 nitrogen and oxygen atoms in total. The first-order valence-corrected chi connectivity index (χ1v) is 9.63. The van der Waals surface area contributed by atoms with Gasteiger partial charge in [-0.2, -0.15) is 0 Å². The number of carbonyl (C=O) groups excluding carboxylic acids is 1. The van der Waals surface area contributed by atoms with Crippen LogP contribution >= 0.6 is 0 Å². The van der Waals surface area contributed by atoms with Crippen LogP contribution in [0.3, 0.4) is 0 Å². The van der Waals surface area contributed by atoms with Gasteiger partial charge in [-0.3, -0.25) is 4.79 Å². The average molecular weight is 406 g/mol. The molecule has 0 unspecified atom stereocenters. The minimum Gasteiger partial charge on any atom is -0.453 e. The Kier molecular flexibility index (Phi) is 5.93. The van der Waals surface area contributed by atoms with Gasteiger partial charge in [-0.25, -0.2) is 15.0 Å². The van der Waals surface area contributed by atoms with Crippen LogP contribution in [-0.2, 0) is 4.79 Å². The number of nitrogens with zero attached hydrogens (tertiary/aromatic N) is 7. The number of pyridine rings is 1. The predicted molar refractivity (Wildman–Crippen MR) is 111 cm³/mol. The van der Waals surface area contributed by atoms with Crippen LogP contribution < -0.4 is 15.0 Å². The van der Waals surface area contributed by atoms with Crippen molar-refractivity contribution in [2.75, 3.05) is 43.0 Å². The zero-order valence-electron chi connectivity index (χ0n) is 16.6. The molecule has 0 radical (unpaired) electrons. The first-order valence-electron chi connectivity index (χ1n) is 9.63. The molecule has 3 aromatic heterocycles. The van der Waals surface area contributed by atoms with E-state index in [1.165, 1.54) is 0 Å². The Morgan fingerprint density at radius 2 is 1.80 bits per heavy atom. The lowest BCUT2D eigenvalue weighted by Gasteiger charge is -2.35. The lowest BCUT2D eigenvalue weighted by atomic mass is 10.3. The highest BCUT2D eigenvalue weighted by atomic mass is 16.5. The number of hydrogen-bond acceptors (Lipinski definition) is 9. The third-order valence-corrected chi connectivity index (χ3v) is 4.65. The topological polar surface area (TPSA) is 109 Å². The molecule has 1 aliphatic rings. The van der Waals surface area contributed by atoms with E-state index in [4.69, 9.17) is 4.74 Å². The Labute approximate surface area is 174 Å². The molecule has 154 valence electrons. The van der Waals surface area contributed by atoms with Crippen LogP contribution in [0.2, 0.25) is 0 Å². The van der Waals surface area contributed by atoms with E-state index in [0.717, 1.165) is 17.2 Å². The zero-order valence-corrected chi connectivity index (χ0v) is 16.6. The van der Waals surface area contributed by atoms with E-state index in [2.05, 4.69) is 35.4 Å². The van der Waals surface area contributed by atoms with Crippen molar-refractivity contribution in [1.29, 1.82) is 0 Å². The lowest BCUT2D eigenvalue weighted by Crippen LogP contribution is -2.50. The number of amides is 1. The Balaban J connectivity index is 1.27. The summed E-state index contributed by atoms with van der Waals surface area (Å²) in [6.07, 6.45) is 4.90. The van der Waals surface area contributed by atoms with Crippen molar-refractivity contribution in [2.45, 2.75) is 6.92 Å². The molecular weight excluding hydrogens is 384 g/mol. The lowest BCUT2D eigenvalue weighted by molar-refractivity contribution is -0.133. The van der Waals surface area contributed by atoms with Crippen LogP contribution in [0.1, 0.15) is 5.56 Å². The van der Waals surface area contributed by atoms with Gasteiger partial charge in [-0.15, -0.1) is 10.2 Å². The van der Waals surface area contributed by atoms with Crippen molar-refractivity contribution in [3.63, 3.8) is 0 Å². The number of piperazine rings is 1. The average Bonchev–Trinajstić information content (AvgIpc) is 2.79. The number of nitrogens with one attached hydrogen (secondary N) is 1. The van der Waals surface area contributed by atoms with Gasteiger partial charge in [0.15, 0.2) is 18.2 Å². The monoisotopic (exact) mass is 406 g/mol. The fourth-order valence-electron chi connectivity index (χ4n) is 3.06. The van der Waals surface area contributed by atoms with Gasteiger partial charge in [0.05, 0.1) is 0 Å². The highest BCUT2D eigenvalue weighted by Crippen LogP contribution is 2.17. The minimum atomic E-state index is -0.0848. The van der Waals surface area contributed by atoms with Gasteiger partial charge in [-0.05, 0) is 42.8 Å². The van der Waals surface area contributed by atoms with E-state index in [1.807, 2.05) is 31.2 Å². The van der Waals surface area contributed by atoms with E-state index in [1.54, 1.807) is 29.6 Å². The van der Waals surface area contributed by atoms with Crippen molar-refractivity contribution in [1.82, 2.24) is 30.0 Å². The summed E-state index contributed by atoms with van der Waals surface area (Å²) in [7, 11) is 0. The van der Waals surface area contributed by atoms with Gasteiger partial charge >= 0.3 is 6.01 Å². The fraction of sp³-hybridized carbons (Fsp3) is 0.300. The second-order valence-corrected chi connectivity index (χ2v) is 6.81. The number of ether oxygens (including phenoxy) is 1. The summed E-state index contributed by atoms with van der Waals surface area (Å²) in [4.78, 5) is 28.4. The molecule has 1 fully saturated rings. The molecule has 10 heteroatoms. The van der Waals surface area contributed by atoms with Crippen LogP contribution in [0, 0.1) is 6.92 Å². The Bertz CT molecular complexity index is 976. The van der Waals surface area contributed by atoms with Gasteiger partial charge in [0.1, 0.15) is 5.82 Å². The summed E-state index contributed by atoms with van der Waals surface area (Å²) in [5, 5.41) is 11.7. The fourth-order valence-corrected chi connectivity index (χ4v) is 3.06. The molecule has 0 aromatic carbocycles. The highest BCUT2D eigenvalue weighted by molar-refractivity contribution is 5.78. The molecule has 0 spiro atoms. The van der Waals surface area contributed by atoms with Crippen LogP contribution in [0.15, 0.2) is 48.9 Å². The van der Waals surface area contributed by atoms with E-state index in [0.29, 0.717) is 32.0 Å². The summed E-state index contributed by atoms with van der Waals surface area (Å²) < 4.78 is 5.34. The van der Waals surface area contributed by atoms with E-state index < -0.39 is 0 Å². The van der Waals surface area contributed by atoms with Crippen molar-refractivity contribution in [3.05, 3.63) is 54.5 Å². The van der Waals surface area contributed by atoms with E-state index >= 15 is 0 Å². The molecule has 0 aliphatic carbocycles. The van der Waals surface area contributed by atoms with Crippen molar-refractivity contribution in [2.24, 2.45) is 0 Å². The van der Waals surface area contributed by atoms with Crippen LogP contribution in [0.4, 0.5) is 17.5 Å². The largest absolute Gasteiger partial charge is 0.453 e. The highest BCUT2D eigenvalue weighted by Gasteiger charge is 2.22. The molecule has 30 heavy (non-hydrogen) atoms. The number of aromatic nitrogens is 5. The first-order chi connectivity index (χ1) is 14.7. The molecule has 0 atom stereocenters. The van der Waals surface area contributed by atoms with Gasteiger partial charge < -0.3 is 19.9 Å². The molecular formula is C20H22N8O2. The number of hydrogen-bond donors (Lipinski definition) is 1. The molecule has 0 saturated carbocycles. The normalized spacial score (nSPS) is 13.8. The van der Waals surface area contributed by atoms with Gasteiger partial charge in [-0.1, -0.05) is 0 Å². The van der Waals surface area contributed by atoms with E-state index in [-0.39, 0.29) is 18.5 Å². The second kappa shape index (κ2) is 9.12. The Morgan fingerprint density at radius 3 is 2.50 bits per heavy atom. The molecule has 4 rings (SSSR count). The van der Waals surface area contributed by atoms with Crippen LogP contribution in [0.5, 0.6) is 6.01 Å². The SMILES string of the molecule is Cc1ccnc(Nc2ccc(N3CCN(C(=O)COc4ncccn4)CC3)nn2)c1. The molecule has 3 aromatic rings. The number of carbonyl (C=O) groups is 1. The quantitative estimate of drug-likeness (QED) is 0.650. The minimum absolute atomic E-state index is 0.0722. The van der Waals surface area contributed by atoms with Crippen molar-refractivity contribution >= 4 is 23.4 Å². The van der Waals surface area contributed by atoms with Gasteiger partial charge in [0, 0.05) is 44.8 Å². The summed E-state index contributed by atoms with van der Waals surface area (Å²) in [6, 6.07) is 9.56. The summed E-state index contributed by atoms with van der Waals surface area (Å²) in [6.45, 7) is 4.47. The standard InChI is InChI=1S/C20H22N8O2/c1-15-5-8-21-17(13-15)24-16-3-4-18(26-25-16)27-9-11-28(12-10-27)19(29)14-30-20-22-6-2-7-23-20/h2-8,13H,9-12,14H2,1H3,(H,21,24,25). The molecule has 1 saturated heterocycles. The summed E-state index contributed by atoms with van der Waals surface area (Å²) in [5.74, 6) is 2.05. The smallest absolute Gasteiger partial charge is 0.316 e. The molecule has 1 amide bonds. The molecule has 1 aliphatic heterocycles. The number of anilines is 3. The zero-order chi connectivity index (χ0) is 20.8. The second-order valence-electron chi connectivity index (χ2n) is 6.81. The van der Waals surface area contributed by atoms with Crippen LogP contribution in [-0.4, -0.2) is 68.7 Å². The molecule has 0 bridgehead atoms. The maximum absolute atomic E-state index is 12.3. The number of rotatable bonds is 6. The van der Waals surface area contributed by atoms with Crippen molar-refractivity contribution < 1.29 is 9.53 Å². The van der Waals surface area contributed by atoms with Crippen molar-refractivity contribution in [3.8, 4) is 6.01 Å². The first kappa shape index (κ1) is 19.5. The summed E-state index contributed by atoms with van der Waals surface area (Å²) in [5.41, 5.74) is 1.12. The molecule has 4 heterocycles. The van der Waals surface area contributed by atoms with E-state index in [9.17, 15) is 4.79 Å². The molecule has 1 N–H and O–H groups in total. The van der Waals surface area contributed by atoms with Gasteiger partial charge in [0.25, 0.3) is 5.91 Å². The Morgan fingerprint density at radius 1 is 1.00 bits per heavy atom. The third kappa shape index (κ3) is 4.96. The Hall–Kier alpha value is -3.82. The summed E-state index contributed by atoms with van der Waals surface area (Å²) >= 11 is 0. The number of aryl methyl sites for hydroxylation is 1. The predicted octanol–water partition coefficient (Wildman–Crippen LogP) is 1.44. The third-order valence-electron chi connectivity index (χ3n) is 4.65. The van der Waals surface area contributed by atoms with Gasteiger partial charge in [0.2, 0.25) is 0 Å². The maximum atomic E-state index is 12.3.